The molecule has 10 N–H and O–H groups in total. The second kappa shape index (κ2) is 13.2. The molecule has 3 aromatic heterocycles. The summed E-state index contributed by atoms with van der Waals surface area (Å²) >= 11 is 0. The largest absolute Gasteiger partial charge is 0.490 e. The van der Waals surface area contributed by atoms with E-state index in [0.29, 0.717) is 4.57 Å². The maximum atomic E-state index is 12.4. The molecular formula is C19H26N7O18P3. The van der Waals surface area contributed by atoms with E-state index < -0.39 is 97.0 Å². The van der Waals surface area contributed by atoms with Crippen LogP contribution in [-0.4, -0.2) is 114 Å². The maximum absolute atomic E-state index is 12.4. The van der Waals surface area contributed by atoms with E-state index in [-0.39, 0.29) is 17.0 Å². The number of hydrogen-bond acceptors (Lipinski definition) is 19. The number of aliphatic hydroxyl groups is 4. The highest BCUT2D eigenvalue weighted by atomic mass is 31.3. The molecule has 2 aliphatic rings. The fourth-order valence-corrected chi connectivity index (χ4v) is 8.06. The standard InChI is InChI=1S/C19H26N7O18P3/c20-15-10-16(22-5-21-15)26(6-23-10)18-14(31)12(29)8(42-18)4-40-46(35,36)44-47(37,38)43-45(33,34)39-3-7-11(28)13(30)17(41-7)25-2-1-9(27)24-19(25)32/h1-2,5-8,11-14,17-18,28-31H,3-4H2,(H,33,34)(H,35,36)(H,37,38)(H2,20,21,22)(H,24,27,32)/t7-,8-,11-,12-,13-,14-,17-,18+/m1/s1. The van der Waals surface area contributed by atoms with Gasteiger partial charge in [-0.25, -0.2) is 33.4 Å². The number of hydrogen-bond donors (Lipinski definition) is 9. The molecule has 3 unspecified atom stereocenters. The number of phosphoric ester groups is 2. The molecule has 260 valence electrons. The maximum Gasteiger partial charge on any atom is 0.490 e. The number of anilines is 1. The monoisotopic (exact) mass is 733 g/mol. The number of imidazole rings is 1. The molecule has 2 aliphatic heterocycles. The summed E-state index contributed by atoms with van der Waals surface area (Å²) in [6, 6.07) is 0.907. The van der Waals surface area contributed by atoms with Gasteiger partial charge < -0.3 is 50.3 Å². The number of nitrogens with one attached hydrogen (secondary N) is 1. The van der Waals surface area contributed by atoms with E-state index in [1.165, 1.54) is 10.9 Å². The lowest BCUT2D eigenvalue weighted by molar-refractivity contribution is -0.0543. The average Bonchev–Trinajstić information content (AvgIpc) is 3.60. The first kappa shape index (κ1) is 35.5. The number of aromatic nitrogens is 6. The Morgan fingerprint density at radius 1 is 0.809 bits per heavy atom. The number of aromatic amines is 1. The van der Waals surface area contributed by atoms with Crippen LogP contribution in [0.3, 0.4) is 0 Å². The number of fused-ring (bicyclic) bond motifs is 1. The number of nitrogen functional groups attached to an aromatic ring is 1. The molecule has 0 saturated carbocycles. The van der Waals surface area contributed by atoms with Crippen LogP contribution in [0.2, 0.25) is 0 Å². The number of phosphoric acid groups is 3. The van der Waals surface area contributed by atoms with Gasteiger partial charge >= 0.3 is 29.2 Å². The van der Waals surface area contributed by atoms with Crippen molar-refractivity contribution in [2.45, 2.75) is 49.1 Å². The zero-order chi connectivity index (χ0) is 34.5. The number of H-pyrrole nitrogens is 1. The van der Waals surface area contributed by atoms with Crippen LogP contribution < -0.4 is 17.0 Å². The fourth-order valence-electron chi connectivity index (χ4n) is 4.54. The van der Waals surface area contributed by atoms with Gasteiger partial charge in [0.25, 0.3) is 5.56 Å². The van der Waals surface area contributed by atoms with Crippen LogP contribution in [-0.2, 0) is 40.8 Å². The topological polar surface area (TPSA) is 373 Å². The molecule has 0 radical (unpaired) electrons. The second-order valence-corrected chi connectivity index (χ2v) is 14.5. The molecule has 5 heterocycles. The number of nitrogens with two attached hydrogens (primary N) is 1. The second-order valence-electron chi connectivity index (χ2n) is 9.85. The lowest BCUT2D eigenvalue weighted by Gasteiger charge is -2.21. The van der Waals surface area contributed by atoms with Crippen LogP contribution in [0.25, 0.3) is 11.2 Å². The zero-order valence-electron chi connectivity index (χ0n) is 23.1. The van der Waals surface area contributed by atoms with E-state index in [1.807, 2.05) is 4.98 Å². The summed E-state index contributed by atoms with van der Waals surface area (Å²) in [6.07, 6.45) is -10.0. The highest BCUT2D eigenvalue weighted by molar-refractivity contribution is 7.66. The first-order chi connectivity index (χ1) is 21.9. The quantitative estimate of drug-likeness (QED) is 0.0817. The van der Waals surface area contributed by atoms with Crippen molar-refractivity contribution in [2.75, 3.05) is 18.9 Å². The highest BCUT2D eigenvalue weighted by Gasteiger charge is 2.49. The van der Waals surface area contributed by atoms with E-state index in [2.05, 4.69) is 32.6 Å². The smallest absolute Gasteiger partial charge is 0.387 e. The number of rotatable bonds is 12. The third-order valence-electron chi connectivity index (χ3n) is 6.68. The molecule has 11 atom stereocenters. The van der Waals surface area contributed by atoms with Crippen LogP contribution in [0.4, 0.5) is 5.82 Å². The summed E-state index contributed by atoms with van der Waals surface area (Å²) in [5.74, 6) is 0.00560. The summed E-state index contributed by atoms with van der Waals surface area (Å²) in [5.41, 5.74) is 4.17. The summed E-state index contributed by atoms with van der Waals surface area (Å²) < 4.78 is 66.6. The van der Waals surface area contributed by atoms with E-state index in [1.54, 1.807) is 0 Å². The summed E-state index contributed by atoms with van der Waals surface area (Å²) in [7, 11) is -17.3. The first-order valence-electron chi connectivity index (χ1n) is 12.9. The van der Waals surface area contributed by atoms with Gasteiger partial charge in [0.15, 0.2) is 23.9 Å². The SMILES string of the molecule is Nc1ncnc2c1ncn2[C@H]1O[C@H](COP(=O)(O)OP(=O)(O)OP(=O)(O)OC[C@H]2O[C@@H](n3ccc(=O)[nH]c3=O)[C@H](O)[C@@H]2O)[C@@H](O)[C@H]1O. The molecule has 5 rings (SSSR count). The van der Waals surface area contributed by atoms with E-state index in [9.17, 15) is 58.4 Å². The van der Waals surface area contributed by atoms with Crippen LogP contribution in [0.15, 0.2) is 34.5 Å². The van der Waals surface area contributed by atoms with Gasteiger partial charge in [0.2, 0.25) is 0 Å². The van der Waals surface area contributed by atoms with Gasteiger partial charge in [0.1, 0.15) is 48.5 Å². The molecule has 0 amide bonds. The van der Waals surface area contributed by atoms with Crippen LogP contribution in [0.1, 0.15) is 12.5 Å². The fraction of sp³-hybridized carbons (Fsp3) is 0.526. The van der Waals surface area contributed by atoms with Crippen LogP contribution >= 0.6 is 23.5 Å². The Balaban J connectivity index is 1.15. The Kier molecular flexibility index (Phi) is 10.0. The van der Waals surface area contributed by atoms with Crippen molar-refractivity contribution < 1.29 is 75.9 Å². The first-order valence-corrected chi connectivity index (χ1v) is 17.3. The van der Waals surface area contributed by atoms with Crippen molar-refractivity contribution in [3.05, 3.63) is 45.8 Å². The minimum Gasteiger partial charge on any atom is -0.387 e. The normalized spacial score (nSPS) is 31.8. The van der Waals surface area contributed by atoms with Crippen molar-refractivity contribution in [3.63, 3.8) is 0 Å². The highest BCUT2D eigenvalue weighted by Crippen LogP contribution is 2.67. The van der Waals surface area contributed by atoms with Crippen LogP contribution in [0, 0.1) is 0 Å². The predicted molar refractivity (Wildman–Crippen MR) is 146 cm³/mol. The Labute approximate surface area is 259 Å². The predicted octanol–water partition coefficient (Wildman–Crippen LogP) is -3.44. The molecule has 0 aromatic carbocycles. The third kappa shape index (κ3) is 7.76. The summed E-state index contributed by atoms with van der Waals surface area (Å²) in [4.78, 5) is 66.5. The minimum atomic E-state index is -5.97. The Bertz CT molecular complexity index is 1890. The van der Waals surface area contributed by atoms with Crippen molar-refractivity contribution in [3.8, 4) is 0 Å². The Morgan fingerprint density at radius 3 is 1.87 bits per heavy atom. The summed E-state index contributed by atoms with van der Waals surface area (Å²) in [5, 5.41) is 41.3. The van der Waals surface area contributed by atoms with Gasteiger partial charge in [-0.1, -0.05) is 0 Å². The molecule has 25 nitrogen and oxygen atoms in total. The summed E-state index contributed by atoms with van der Waals surface area (Å²) in [6.45, 7) is -2.16. The number of ether oxygens (including phenoxy) is 2. The van der Waals surface area contributed by atoms with Gasteiger partial charge in [-0.05, 0) is 0 Å². The molecular weight excluding hydrogens is 707 g/mol. The van der Waals surface area contributed by atoms with Gasteiger partial charge in [-0.15, -0.1) is 0 Å². The molecule has 2 fully saturated rings. The molecule has 0 bridgehead atoms. The number of nitrogens with zero attached hydrogens (tertiary/aromatic N) is 5. The minimum absolute atomic E-state index is 0.00560. The van der Waals surface area contributed by atoms with E-state index in [0.717, 1.165) is 18.6 Å². The Hall–Kier alpha value is -2.80. The van der Waals surface area contributed by atoms with Crippen LogP contribution in [0.5, 0.6) is 0 Å². The van der Waals surface area contributed by atoms with Gasteiger partial charge in [-0.3, -0.25) is 28.0 Å². The van der Waals surface area contributed by atoms with E-state index >= 15 is 0 Å². The zero-order valence-corrected chi connectivity index (χ0v) is 25.8. The Morgan fingerprint density at radius 2 is 1.34 bits per heavy atom. The molecule has 2 saturated heterocycles. The van der Waals surface area contributed by atoms with Gasteiger partial charge in [0, 0.05) is 12.3 Å². The van der Waals surface area contributed by atoms with Gasteiger partial charge in [-0.2, -0.15) is 8.62 Å². The average molecular weight is 733 g/mol. The van der Waals surface area contributed by atoms with Crippen molar-refractivity contribution >= 4 is 40.4 Å². The molecule has 0 spiro atoms. The van der Waals surface area contributed by atoms with E-state index in [4.69, 9.17) is 15.2 Å². The molecule has 28 heteroatoms. The lowest BCUT2D eigenvalue weighted by atomic mass is 10.1. The number of aliphatic hydroxyl groups excluding tert-OH is 4. The molecule has 3 aromatic rings. The van der Waals surface area contributed by atoms with Crippen molar-refractivity contribution in [1.29, 1.82) is 0 Å². The third-order valence-corrected chi connectivity index (χ3v) is 10.9. The lowest BCUT2D eigenvalue weighted by Crippen LogP contribution is -2.37. The molecule has 0 aliphatic carbocycles. The van der Waals surface area contributed by atoms with Crippen molar-refractivity contribution in [2.24, 2.45) is 0 Å². The van der Waals surface area contributed by atoms with Crippen molar-refractivity contribution in [1.82, 2.24) is 29.1 Å². The molecule has 47 heavy (non-hydrogen) atoms. The van der Waals surface area contributed by atoms with Gasteiger partial charge in [0.05, 0.1) is 19.5 Å².